The van der Waals surface area contributed by atoms with Crippen LogP contribution in [0.1, 0.15) is 17.3 Å². The summed E-state index contributed by atoms with van der Waals surface area (Å²) in [5, 5.41) is 17.6. The molecule has 0 aliphatic heterocycles. The van der Waals surface area contributed by atoms with Crippen LogP contribution in [0, 0.1) is 23.0 Å². The van der Waals surface area contributed by atoms with Gasteiger partial charge in [-0.15, -0.1) is 0 Å². The minimum atomic E-state index is -1.04. The van der Waals surface area contributed by atoms with Crippen LogP contribution in [0.25, 0.3) is 0 Å². The molecule has 0 saturated carbocycles. The molecule has 0 heterocycles. The normalized spacial score (nSPS) is 11.6. The van der Waals surface area contributed by atoms with E-state index in [1.807, 2.05) is 0 Å². The van der Waals surface area contributed by atoms with Crippen molar-refractivity contribution in [2.45, 2.75) is 6.92 Å². The van der Waals surface area contributed by atoms with Gasteiger partial charge in [0.25, 0.3) is 0 Å². The van der Waals surface area contributed by atoms with Crippen molar-refractivity contribution in [2.24, 2.45) is 0 Å². The number of aliphatic hydroxyl groups is 1. The smallest absolute Gasteiger partial charge is 0.210 e. The summed E-state index contributed by atoms with van der Waals surface area (Å²) in [6.45, 7) is 1.12. The minimum absolute atomic E-state index is 0.531. The molecule has 1 N–H and O–H groups in total. The zero-order valence-corrected chi connectivity index (χ0v) is 8.29. The van der Waals surface area contributed by atoms with Gasteiger partial charge >= 0.3 is 0 Å². The van der Waals surface area contributed by atoms with Crippen LogP contribution >= 0.6 is 0 Å². The summed E-state index contributed by atoms with van der Waals surface area (Å²) in [6, 6.07) is 3.75. The van der Waals surface area contributed by atoms with E-state index in [9.17, 15) is 13.6 Å². The van der Waals surface area contributed by atoms with Crippen molar-refractivity contribution in [2.75, 3.05) is 0 Å². The highest BCUT2D eigenvalue weighted by molar-refractivity contribution is 6.11. The average Bonchev–Trinajstić information content (AvgIpc) is 2.22. The SMILES string of the molecule is CC(O)=C(C#N)C(=O)c1cc(F)ccc1F. The van der Waals surface area contributed by atoms with E-state index in [0.29, 0.717) is 6.07 Å². The largest absolute Gasteiger partial charge is 0.511 e. The maximum Gasteiger partial charge on any atom is 0.210 e. The number of aliphatic hydroxyl groups excluding tert-OH is 1. The highest BCUT2D eigenvalue weighted by Gasteiger charge is 2.19. The molecule has 0 fully saturated rings. The van der Waals surface area contributed by atoms with E-state index >= 15 is 0 Å². The molecule has 0 unspecified atom stereocenters. The van der Waals surface area contributed by atoms with Crippen molar-refractivity contribution < 1.29 is 18.7 Å². The maximum absolute atomic E-state index is 13.2. The number of benzene rings is 1. The Morgan fingerprint density at radius 1 is 1.44 bits per heavy atom. The van der Waals surface area contributed by atoms with E-state index < -0.39 is 34.3 Å². The van der Waals surface area contributed by atoms with Gasteiger partial charge in [-0.1, -0.05) is 0 Å². The Hall–Kier alpha value is -2.22. The second kappa shape index (κ2) is 4.53. The quantitative estimate of drug-likeness (QED) is 0.362. The lowest BCUT2D eigenvalue weighted by molar-refractivity contribution is 0.103. The van der Waals surface area contributed by atoms with E-state index in [1.54, 1.807) is 0 Å². The van der Waals surface area contributed by atoms with Crippen LogP contribution in [0.3, 0.4) is 0 Å². The molecule has 0 bridgehead atoms. The van der Waals surface area contributed by atoms with Crippen molar-refractivity contribution in [3.05, 3.63) is 46.7 Å². The summed E-state index contributed by atoms with van der Waals surface area (Å²) in [5.74, 6) is -3.31. The number of ketones is 1. The minimum Gasteiger partial charge on any atom is -0.511 e. The Bertz CT molecular complexity index is 511. The number of hydrogen-bond donors (Lipinski definition) is 1. The molecule has 0 aliphatic carbocycles. The van der Waals surface area contributed by atoms with E-state index in [-0.39, 0.29) is 0 Å². The summed E-state index contributed by atoms with van der Waals surface area (Å²) < 4.78 is 26.0. The van der Waals surface area contributed by atoms with Gasteiger partial charge in [0.15, 0.2) is 0 Å². The third-order valence-electron chi connectivity index (χ3n) is 1.87. The summed E-state index contributed by atoms with van der Waals surface area (Å²) in [5.41, 5.74) is -1.19. The zero-order chi connectivity index (χ0) is 12.3. The highest BCUT2D eigenvalue weighted by Crippen LogP contribution is 2.15. The lowest BCUT2D eigenvalue weighted by atomic mass is 10.0. The Morgan fingerprint density at radius 2 is 2.06 bits per heavy atom. The van der Waals surface area contributed by atoms with E-state index in [4.69, 9.17) is 10.4 Å². The van der Waals surface area contributed by atoms with Crippen molar-refractivity contribution in [1.29, 1.82) is 5.26 Å². The Kier molecular flexibility index (Phi) is 3.36. The number of carbonyl (C=O) groups excluding carboxylic acids is 1. The van der Waals surface area contributed by atoms with Gasteiger partial charge in [0, 0.05) is 0 Å². The van der Waals surface area contributed by atoms with Crippen LogP contribution in [0.2, 0.25) is 0 Å². The highest BCUT2D eigenvalue weighted by atomic mass is 19.1. The van der Waals surface area contributed by atoms with E-state index in [2.05, 4.69) is 0 Å². The molecule has 0 spiro atoms. The molecule has 0 aliphatic rings. The Labute approximate surface area is 90.2 Å². The van der Waals surface area contributed by atoms with Gasteiger partial charge in [0.2, 0.25) is 5.78 Å². The van der Waals surface area contributed by atoms with Crippen LogP contribution in [0.5, 0.6) is 0 Å². The molecule has 0 amide bonds. The molecule has 0 atom stereocenters. The van der Waals surface area contributed by atoms with Gasteiger partial charge in [0.1, 0.15) is 29.0 Å². The van der Waals surface area contributed by atoms with Gasteiger partial charge in [-0.2, -0.15) is 5.26 Å². The molecular weight excluding hydrogens is 216 g/mol. The molecule has 82 valence electrons. The predicted molar refractivity (Wildman–Crippen MR) is 51.6 cm³/mol. The van der Waals surface area contributed by atoms with Crippen LogP contribution in [0.4, 0.5) is 8.78 Å². The van der Waals surface area contributed by atoms with Gasteiger partial charge in [-0.3, -0.25) is 4.79 Å². The fourth-order valence-corrected chi connectivity index (χ4v) is 1.10. The average molecular weight is 223 g/mol. The number of Topliss-reactive ketones (excluding diaryl/α,β-unsaturated/α-hetero) is 1. The number of allylic oxidation sites excluding steroid dienone is 2. The topological polar surface area (TPSA) is 61.1 Å². The fraction of sp³-hybridized carbons (Fsp3) is 0.0909. The van der Waals surface area contributed by atoms with Gasteiger partial charge in [-0.05, 0) is 25.1 Å². The third kappa shape index (κ3) is 2.23. The lowest BCUT2D eigenvalue weighted by Gasteiger charge is -2.02. The molecule has 0 aromatic heterocycles. The van der Waals surface area contributed by atoms with E-state index in [1.165, 1.54) is 6.07 Å². The standard InChI is InChI=1S/C11H7F2NO2/c1-6(15)9(5-14)11(16)8-4-7(12)2-3-10(8)13/h2-4,15H,1H3. The molecule has 1 aromatic carbocycles. The summed E-state index contributed by atoms with van der Waals surface area (Å²) in [6.07, 6.45) is 0. The third-order valence-corrected chi connectivity index (χ3v) is 1.87. The number of rotatable bonds is 2. The summed E-state index contributed by atoms with van der Waals surface area (Å²) >= 11 is 0. The lowest BCUT2D eigenvalue weighted by Crippen LogP contribution is -2.07. The number of nitrogens with zero attached hydrogens (tertiary/aromatic N) is 1. The van der Waals surface area contributed by atoms with Crippen LogP contribution in [-0.4, -0.2) is 10.9 Å². The summed E-state index contributed by atoms with van der Waals surface area (Å²) in [7, 11) is 0. The first-order valence-corrected chi connectivity index (χ1v) is 4.27. The molecule has 1 rings (SSSR count). The Balaban J connectivity index is 3.31. The van der Waals surface area contributed by atoms with E-state index in [0.717, 1.165) is 19.1 Å². The molecule has 3 nitrogen and oxygen atoms in total. The number of hydrogen-bond acceptors (Lipinski definition) is 3. The number of nitriles is 1. The molecule has 1 aromatic rings. The summed E-state index contributed by atoms with van der Waals surface area (Å²) in [4.78, 5) is 11.5. The second-order valence-electron chi connectivity index (χ2n) is 3.03. The maximum atomic E-state index is 13.2. The molecule has 0 saturated heterocycles. The monoisotopic (exact) mass is 223 g/mol. The first-order chi connectivity index (χ1) is 7.47. The van der Waals surface area contributed by atoms with Crippen molar-refractivity contribution >= 4 is 5.78 Å². The zero-order valence-electron chi connectivity index (χ0n) is 8.29. The fourth-order valence-electron chi connectivity index (χ4n) is 1.10. The van der Waals surface area contributed by atoms with Crippen LogP contribution < -0.4 is 0 Å². The van der Waals surface area contributed by atoms with Gasteiger partial charge in [-0.25, -0.2) is 8.78 Å². The molecule has 16 heavy (non-hydrogen) atoms. The van der Waals surface area contributed by atoms with Crippen LogP contribution in [0.15, 0.2) is 29.5 Å². The first kappa shape index (κ1) is 11.9. The van der Waals surface area contributed by atoms with Crippen molar-refractivity contribution in [3.63, 3.8) is 0 Å². The molecule has 0 radical (unpaired) electrons. The van der Waals surface area contributed by atoms with Gasteiger partial charge in [0.05, 0.1) is 5.56 Å². The number of halogens is 2. The van der Waals surface area contributed by atoms with Crippen LogP contribution in [-0.2, 0) is 0 Å². The van der Waals surface area contributed by atoms with Crippen molar-refractivity contribution in [1.82, 2.24) is 0 Å². The Morgan fingerprint density at radius 3 is 2.56 bits per heavy atom. The van der Waals surface area contributed by atoms with Crippen molar-refractivity contribution in [3.8, 4) is 6.07 Å². The predicted octanol–water partition coefficient (Wildman–Crippen LogP) is 2.50. The first-order valence-electron chi connectivity index (χ1n) is 4.27. The van der Waals surface area contributed by atoms with Gasteiger partial charge < -0.3 is 5.11 Å². The molecule has 5 heteroatoms. The molecular formula is C11H7F2NO2. The second-order valence-corrected chi connectivity index (χ2v) is 3.03. The number of carbonyl (C=O) groups is 1.